The summed E-state index contributed by atoms with van der Waals surface area (Å²) in [6.07, 6.45) is 3.78. The van der Waals surface area contributed by atoms with E-state index in [0.717, 1.165) is 53.1 Å². The van der Waals surface area contributed by atoms with Crippen LogP contribution >= 0.6 is 0 Å². The van der Waals surface area contributed by atoms with Gasteiger partial charge in [-0.2, -0.15) is 4.98 Å². The summed E-state index contributed by atoms with van der Waals surface area (Å²) in [4.78, 5) is 27.1. The summed E-state index contributed by atoms with van der Waals surface area (Å²) in [5, 5.41) is 6.40. The van der Waals surface area contributed by atoms with Crippen molar-refractivity contribution < 1.29 is 9.18 Å². The summed E-state index contributed by atoms with van der Waals surface area (Å²) in [6, 6.07) is 10.5. The lowest BCUT2D eigenvalue weighted by Crippen LogP contribution is -2.43. The SMILES string of the molecule is Cc1cc(F)ccc1-c1nc(NCCN2CCCCC2)nc2c1CNC(=O)N2c1c(C)cccc1C. The highest BCUT2D eigenvalue weighted by molar-refractivity contribution is 6.03. The second-order valence-electron chi connectivity index (χ2n) is 9.72. The highest BCUT2D eigenvalue weighted by Gasteiger charge is 2.32. The maximum Gasteiger partial charge on any atom is 0.328 e. The molecular weight excluding hydrogens is 455 g/mol. The van der Waals surface area contributed by atoms with Crippen molar-refractivity contribution >= 4 is 23.5 Å². The van der Waals surface area contributed by atoms with Crippen LogP contribution in [-0.2, 0) is 6.54 Å². The van der Waals surface area contributed by atoms with Crippen LogP contribution in [0.15, 0.2) is 36.4 Å². The number of aryl methyl sites for hydroxylation is 3. The third-order valence-electron chi connectivity index (χ3n) is 7.08. The van der Waals surface area contributed by atoms with Gasteiger partial charge in [-0.1, -0.05) is 24.6 Å². The number of fused-ring (bicyclic) bond motifs is 1. The lowest BCUT2D eigenvalue weighted by Gasteiger charge is -2.32. The normalized spacial score (nSPS) is 16.0. The first-order valence-corrected chi connectivity index (χ1v) is 12.7. The quantitative estimate of drug-likeness (QED) is 0.482. The number of benzene rings is 2. The van der Waals surface area contributed by atoms with Gasteiger partial charge in [0.1, 0.15) is 5.82 Å². The molecule has 2 N–H and O–H groups in total. The van der Waals surface area contributed by atoms with Crippen molar-refractivity contribution in [1.82, 2.24) is 20.2 Å². The number of nitrogens with zero attached hydrogens (tertiary/aromatic N) is 4. The number of rotatable bonds is 6. The van der Waals surface area contributed by atoms with E-state index in [1.54, 1.807) is 11.0 Å². The Hall–Kier alpha value is -3.52. The van der Waals surface area contributed by atoms with Crippen LogP contribution in [0.5, 0.6) is 0 Å². The van der Waals surface area contributed by atoms with Gasteiger partial charge in [0.2, 0.25) is 5.95 Å². The molecule has 3 aromatic rings. The molecule has 188 valence electrons. The van der Waals surface area contributed by atoms with E-state index in [0.29, 0.717) is 30.5 Å². The topological polar surface area (TPSA) is 73.4 Å². The highest BCUT2D eigenvalue weighted by atomic mass is 19.1. The van der Waals surface area contributed by atoms with E-state index in [1.165, 1.54) is 31.4 Å². The number of para-hydroxylation sites is 1. The maximum absolute atomic E-state index is 13.9. The van der Waals surface area contributed by atoms with Gasteiger partial charge in [-0.25, -0.2) is 19.1 Å². The molecule has 2 aliphatic heterocycles. The number of halogens is 1. The van der Waals surface area contributed by atoms with Gasteiger partial charge in [0, 0.05) is 24.2 Å². The van der Waals surface area contributed by atoms with Crippen LogP contribution < -0.4 is 15.5 Å². The molecule has 36 heavy (non-hydrogen) atoms. The fourth-order valence-corrected chi connectivity index (χ4v) is 5.23. The predicted molar refractivity (Wildman–Crippen MR) is 141 cm³/mol. The molecule has 5 rings (SSSR count). The molecule has 8 heteroatoms. The summed E-state index contributed by atoms with van der Waals surface area (Å²) < 4.78 is 13.9. The molecule has 3 heterocycles. The molecule has 1 saturated heterocycles. The number of likely N-dealkylation sites (tertiary alicyclic amines) is 1. The molecule has 0 unspecified atom stereocenters. The van der Waals surface area contributed by atoms with Gasteiger partial charge >= 0.3 is 6.03 Å². The number of nitrogens with one attached hydrogen (secondary N) is 2. The van der Waals surface area contributed by atoms with Crippen LogP contribution in [0, 0.1) is 26.6 Å². The largest absolute Gasteiger partial charge is 0.353 e. The number of piperidine rings is 1. The first-order valence-electron chi connectivity index (χ1n) is 12.7. The monoisotopic (exact) mass is 488 g/mol. The molecule has 2 amide bonds. The van der Waals surface area contributed by atoms with Crippen molar-refractivity contribution in [2.24, 2.45) is 0 Å². The molecular formula is C28H33FN6O. The minimum absolute atomic E-state index is 0.223. The number of carbonyl (C=O) groups excluding carboxylic acids is 1. The summed E-state index contributed by atoms with van der Waals surface area (Å²) in [6.45, 7) is 10.0. The van der Waals surface area contributed by atoms with E-state index >= 15 is 0 Å². The Labute approximate surface area is 211 Å². The molecule has 0 bridgehead atoms. The van der Waals surface area contributed by atoms with Crippen molar-refractivity contribution in [1.29, 1.82) is 0 Å². The smallest absolute Gasteiger partial charge is 0.328 e. The Morgan fingerprint density at radius 3 is 2.47 bits per heavy atom. The van der Waals surface area contributed by atoms with Gasteiger partial charge in [-0.3, -0.25) is 0 Å². The Morgan fingerprint density at radius 2 is 1.75 bits per heavy atom. The van der Waals surface area contributed by atoms with E-state index < -0.39 is 0 Å². The first kappa shape index (κ1) is 24.2. The third-order valence-corrected chi connectivity index (χ3v) is 7.08. The van der Waals surface area contributed by atoms with Crippen LogP contribution in [-0.4, -0.2) is 47.1 Å². The van der Waals surface area contributed by atoms with E-state index in [4.69, 9.17) is 9.97 Å². The summed E-state index contributed by atoms with van der Waals surface area (Å²) >= 11 is 0. The lowest BCUT2D eigenvalue weighted by atomic mass is 9.99. The standard InChI is InChI=1S/C28H33FN6O/c1-18-8-7-9-19(2)25(18)35-26-23(17-31-28(35)36)24(22-11-10-21(29)16-20(22)3)32-27(33-26)30-12-15-34-13-5-4-6-14-34/h7-11,16H,4-6,12-15,17H2,1-3H3,(H,31,36)(H,30,32,33). The van der Waals surface area contributed by atoms with E-state index in [-0.39, 0.29) is 11.8 Å². The average Bonchev–Trinajstić information content (AvgIpc) is 2.85. The number of carbonyl (C=O) groups is 1. The molecule has 0 aliphatic carbocycles. The summed E-state index contributed by atoms with van der Waals surface area (Å²) in [5.41, 5.74) is 5.90. The zero-order valence-corrected chi connectivity index (χ0v) is 21.2. The van der Waals surface area contributed by atoms with Crippen LogP contribution in [0.1, 0.15) is 41.5 Å². The van der Waals surface area contributed by atoms with Crippen molar-refractivity contribution in [3.63, 3.8) is 0 Å². The van der Waals surface area contributed by atoms with Crippen LogP contribution in [0.3, 0.4) is 0 Å². The zero-order chi connectivity index (χ0) is 25.2. The van der Waals surface area contributed by atoms with Crippen LogP contribution in [0.2, 0.25) is 0 Å². The minimum atomic E-state index is -0.287. The summed E-state index contributed by atoms with van der Waals surface area (Å²) in [7, 11) is 0. The van der Waals surface area contributed by atoms with Crippen molar-refractivity contribution in [3.8, 4) is 11.3 Å². The Bertz CT molecular complexity index is 1270. The number of amides is 2. The number of urea groups is 1. The fraction of sp³-hybridized carbons (Fsp3) is 0.393. The molecule has 7 nitrogen and oxygen atoms in total. The minimum Gasteiger partial charge on any atom is -0.353 e. The fourth-order valence-electron chi connectivity index (χ4n) is 5.23. The van der Waals surface area contributed by atoms with Crippen molar-refractivity contribution in [3.05, 3.63) is 64.5 Å². The van der Waals surface area contributed by atoms with Gasteiger partial charge in [-0.15, -0.1) is 0 Å². The number of anilines is 3. The second-order valence-corrected chi connectivity index (χ2v) is 9.72. The average molecular weight is 489 g/mol. The lowest BCUT2D eigenvalue weighted by molar-refractivity contribution is 0.237. The molecule has 1 aromatic heterocycles. The summed E-state index contributed by atoms with van der Waals surface area (Å²) in [5.74, 6) is 0.741. The van der Waals surface area contributed by atoms with Gasteiger partial charge in [-0.05, 0) is 81.6 Å². The Morgan fingerprint density at radius 1 is 1.00 bits per heavy atom. The molecule has 0 saturated carbocycles. The van der Waals surface area contributed by atoms with E-state index in [1.807, 2.05) is 39.0 Å². The zero-order valence-electron chi connectivity index (χ0n) is 21.2. The number of hydrogen-bond acceptors (Lipinski definition) is 5. The van der Waals surface area contributed by atoms with Crippen molar-refractivity contribution in [2.75, 3.05) is 36.4 Å². The molecule has 0 atom stereocenters. The van der Waals surface area contributed by atoms with Gasteiger partial charge in [0.05, 0.1) is 17.9 Å². The van der Waals surface area contributed by atoms with Gasteiger partial charge in [0.25, 0.3) is 0 Å². The van der Waals surface area contributed by atoms with Crippen LogP contribution in [0.25, 0.3) is 11.3 Å². The predicted octanol–water partition coefficient (Wildman–Crippen LogP) is 5.47. The van der Waals surface area contributed by atoms with Crippen molar-refractivity contribution in [2.45, 2.75) is 46.6 Å². The van der Waals surface area contributed by atoms with Gasteiger partial charge < -0.3 is 15.5 Å². The Balaban J connectivity index is 1.59. The molecule has 2 aromatic carbocycles. The van der Waals surface area contributed by atoms with Crippen LogP contribution in [0.4, 0.5) is 26.6 Å². The van der Waals surface area contributed by atoms with E-state index in [9.17, 15) is 9.18 Å². The number of hydrogen-bond donors (Lipinski definition) is 2. The Kier molecular flexibility index (Phi) is 6.87. The molecule has 0 spiro atoms. The first-order chi connectivity index (χ1) is 17.4. The molecule has 2 aliphatic rings. The third kappa shape index (κ3) is 4.78. The number of aromatic nitrogens is 2. The van der Waals surface area contributed by atoms with Gasteiger partial charge in [0.15, 0.2) is 5.82 Å². The highest BCUT2D eigenvalue weighted by Crippen LogP contribution is 2.39. The van der Waals surface area contributed by atoms with E-state index in [2.05, 4.69) is 15.5 Å². The molecule has 1 fully saturated rings. The maximum atomic E-state index is 13.9. The second kappa shape index (κ2) is 10.2. The molecule has 0 radical (unpaired) electrons.